The van der Waals surface area contributed by atoms with E-state index in [1.165, 1.54) is 12.1 Å². The molecule has 2 rings (SSSR count). The van der Waals surface area contributed by atoms with Crippen molar-refractivity contribution < 1.29 is 14.3 Å². The Hall–Kier alpha value is -1.66. The first-order valence-corrected chi connectivity index (χ1v) is 6.61. The maximum Gasteiger partial charge on any atom is 0.170 e. The van der Waals surface area contributed by atoms with Gasteiger partial charge in [-0.3, -0.25) is 4.90 Å². The van der Waals surface area contributed by atoms with Crippen molar-refractivity contribution in [2.45, 2.75) is 13.0 Å². The lowest BCUT2D eigenvalue weighted by Crippen LogP contribution is -2.22. The Labute approximate surface area is 117 Å². The molecule has 0 amide bonds. The standard InChI is InChI=1S/C14H20FN3O2/c1-20-9-10-2-3-18(7-10)8-11-4-12(14(16)17-19)6-13(15)5-11/h4-6,10,19H,2-3,7-9H2,1H3,(H2,16,17). The molecule has 3 N–H and O–H groups in total. The second-order valence-corrected chi connectivity index (χ2v) is 5.18. The lowest BCUT2D eigenvalue weighted by Gasteiger charge is -2.16. The highest BCUT2D eigenvalue weighted by Crippen LogP contribution is 2.20. The van der Waals surface area contributed by atoms with Crippen LogP contribution in [0.15, 0.2) is 23.4 Å². The highest BCUT2D eigenvalue weighted by molar-refractivity contribution is 5.97. The van der Waals surface area contributed by atoms with Crippen molar-refractivity contribution in [1.82, 2.24) is 4.90 Å². The van der Waals surface area contributed by atoms with E-state index in [1.54, 1.807) is 13.2 Å². The average molecular weight is 281 g/mol. The van der Waals surface area contributed by atoms with E-state index in [-0.39, 0.29) is 11.7 Å². The fourth-order valence-corrected chi connectivity index (χ4v) is 2.63. The second kappa shape index (κ2) is 6.67. The second-order valence-electron chi connectivity index (χ2n) is 5.18. The number of likely N-dealkylation sites (tertiary alicyclic amines) is 1. The molecule has 0 aromatic heterocycles. The van der Waals surface area contributed by atoms with Gasteiger partial charge in [0.25, 0.3) is 0 Å². The first kappa shape index (κ1) is 14.7. The number of nitrogens with zero attached hydrogens (tertiary/aromatic N) is 2. The first-order chi connectivity index (χ1) is 9.62. The molecule has 1 fully saturated rings. The topological polar surface area (TPSA) is 71.1 Å². The predicted molar refractivity (Wildman–Crippen MR) is 74.2 cm³/mol. The Bertz CT molecular complexity index is 493. The fraction of sp³-hybridized carbons (Fsp3) is 0.500. The van der Waals surface area contributed by atoms with E-state index in [2.05, 4.69) is 10.1 Å². The molecule has 6 heteroatoms. The number of nitrogens with two attached hydrogens (primary N) is 1. The Balaban J connectivity index is 2.05. The number of benzene rings is 1. The van der Waals surface area contributed by atoms with E-state index >= 15 is 0 Å². The summed E-state index contributed by atoms with van der Waals surface area (Å²) in [6.45, 7) is 3.34. The largest absolute Gasteiger partial charge is 0.409 e. The monoisotopic (exact) mass is 281 g/mol. The zero-order valence-corrected chi connectivity index (χ0v) is 11.6. The van der Waals surface area contributed by atoms with Crippen LogP contribution in [0.3, 0.4) is 0 Å². The van der Waals surface area contributed by atoms with Crippen LogP contribution in [0.2, 0.25) is 0 Å². The van der Waals surface area contributed by atoms with Crippen molar-refractivity contribution in [1.29, 1.82) is 0 Å². The van der Waals surface area contributed by atoms with Crippen molar-refractivity contribution in [3.63, 3.8) is 0 Å². The Kier molecular flexibility index (Phi) is 4.92. The van der Waals surface area contributed by atoms with Gasteiger partial charge in [0.05, 0.1) is 6.61 Å². The summed E-state index contributed by atoms with van der Waals surface area (Å²) in [5, 5.41) is 11.6. The lowest BCUT2D eigenvalue weighted by molar-refractivity contribution is 0.152. The summed E-state index contributed by atoms with van der Waals surface area (Å²) >= 11 is 0. The number of hydrogen-bond donors (Lipinski definition) is 2. The van der Waals surface area contributed by atoms with Crippen LogP contribution in [0.1, 0.15) is 17.5 Å². The smallest absolute Gasteiger partial charge is 0.170 e. The first-order valence-electron chi connectivity index (χ1n) is 6.61. The summed E-state index contributed by atoms with van der Waals surface area (Å²) in [7, 11) is 1.71. The minimum absolute atomic E-state index is 0.0792. The van der Waals surface area contributed by atoms with E-state index < -0.39 is 0 Å². The highest BCUT2D eigenvalue weighted by atomic mass is 19.1. The number of methoxy groups -OCH3 is 1. The molecule has 0 bridgehead atoms. The minimum atomic E-state index is -0.378. The van der Waals surface area contributed by atoms with Gasteiger partial charge in [-0.15, -0.1) is 0 Å². The molecule has 1 unspecified atom stereocenters. The summed E-state index contributed by atoms with van der Waals surface area (Å²) in [5.41, 5.74) is 6.73. The number of rotatable bonds is 5. The van der Waals surface area contributed by atoms with E-state index in [1.807, 2.05) is 0 Å². The van der Waals surface area contributed by atoms with Gasteiger partial charge in [-0.25, -0.2) is 4.39 Å². The Morgan fingerprint density at radius 3 is 3.05 bits per heavy atom. The third-order valence-electron chi connectivity index (χ3n) is 3.54. The van der Waals surface area contributed by atoms with Crippen LogP contribution < -0.4 is 5.73 Å². The van der Waals surface area contributed by atoms with Crippen molar-refractivity contribution in [3.8, 4) is 0 Å². The van der Waals surface area contributed by atoms with Gasteiger partial charge in [-0.1, -0.05) is 5.16 Å². The average Bonchev–Trinajstić information content (AvgIpc) is 2.85. The molecule has 1 heterocycles. The number of halogens is 1. The fourth-order valence-electron chi connectivity index (χ4n) is 2.63. The van der Waals surface area contributed by atoms with E-state index in [0.29, 0.717) is 18.0 Å². The molecule has 20 heavy (non-hydrogen) atoms. The van der Waals surface area contributed by atoms with Crippen LogP contribution in [0.5, 0.6) is 0 Å². The van der Waals surface area contributed by atoms with Gasteiger partial charge < -0.3 is 15.7 Å². The third-order valence-corrected chi connectivity index (χ3v) is 3.54. The molecule has 110 valence electrons. The van der Waals surface area contributed by atoms with Gasteiger partial charge in [0.15, 0.2) is 5.84 Å². The number of amidine groups is 1. The van der Waals surface area contributed by atoms with E-state index in [0.717, 1.165) is 31.7 Å². The molecule has 1 aromatic carbocycles. The summed E-state index contributed by atoms with van der Waals surface area (Å²) < 4.78 is 18.7. The zero-order valence-electron chi connectivity index (χ0n) is 11.6. The van der Waals surface area contributed by atoms with Crippen molar-refractivity contribution >= 4 is 5.84 Å². The molecule has 0 spiro atoms. The quantitative estimate of drug-likeness (QED) is 0.370. The maximum absolute atomic E-state index is 13.6. The summed E-state index contributed by atoms with van der Waals surface area (Å²) in [6, 6.07) is 4.50. The van der Waals surface area contributed by atoms with Gasteiger partial charge in [-0.2, -0.15) is 0 Å². The molecule has 1 aliphatic rings. The molecule has 0 saturated carbocycles. The van der Waals surface area contributed by atoms with Crippen LogP contribution >= 0.6 is 0 Å². The van der Waals surface area contributed by atoms with Gasteiger partial charge in [-0.05, 0) is 42.6 Å². The Morgan fingerprint density at radius 2 is 2.35 bits per heavy atom. The number of hydrogen-bond acceptors (Lipinski definition) is 4. The maximum atomic E-state index is 13.6. The SMILES string of the molecule is COCC1CCN(Cc2cc(F)cc(/C(N)=N/O)c2)C1. The number of ether oxygens (including phenoxy) is 1. The molecule has 1 aliphatic heterocycles. The van der Waals surface area contributed by atoms with Crippen LogP contribution in [-0.2, 0) is 11.3 Å². The van der Waals surface area contributed by atoms with Crippen molar-refractivity contribution in [3.05, 3.63) is 35.1 Å². The van der Waals surface area contributed by atoms with Gasteiger partial charge >= 0.3 is 0 Å². The molecule has 5 nitrogen and oxygen atoms in total. The molecule has 1 aromatic rings. The molecule has 1 atom stereocenters. The van der Waals surface area contributed by atoms with Crippen LogP contribution in [-0.4, -0.2) is 42.7 Å². The predicted octanol–water partition coefficient (Wildman–Crippen LogP) is 1.39. The van der Waals surface area contributed by atoms with E-state index in [4.69, 9.17) is 15.7 Å². The summed E-state index contributed by atoms with van der Waals surface area (Å²) in [6.07, 6.45) is 1.09. The van der Waals surface area contributed by atoms with Crippen molar-refractivity contribution in [2.24, 2.45) is 16.8 Å². The molecule has 0 radical (unpaired) electrons. The molecular weight excluding hydrogens is 261 g/mol. The van der Waals surface area contributed by atoms with E-state index in [9.17, 15) is 4.39 Å². The molecular formula is C14H20FN3O2. The summed E-state index contributed by atoms with van der Waals surface area (Å²) in [5.74, 6) is 0.0817. The normalized spacial score (nSPS) is 20.5. The van der Waals surface area contributed by atoms with Gasteiger partial charge in [0.2, 0.25) is 0 Å². The zero-order chi connectivity index (χ0) is 14.5. The lowest BCUT2D eigenvalue weighted by atomic mass is 10.1. The number of oxime groups is 1. The minimum Gasteiger partial charge on any atom is -0.409 e. The van der Waals surface area contributed by atoms with Crippen LogP contribution in [0, 0.1) is 11.7 Å². The molecule has 0 aliphatic carbocycles. The highest BCUT2D eigenvalue weighted by Gasteiger charge is 2.22. The molecule has 1 saturated heterocycles. The van der Waals surface area contributed by atoms with Crippen molar-refractivity contribution in [2.75, 3.05) is 26.8 Å². The Morgan fingerprint density at radius 1 is 1.55 bits per heavy atom. The third kappa shape index (κ3) is 3.68. The van der Waals surface area contributed by atoms with Crippen LogP contribution in [0.4, 0.5) is 4.39 Å². The van der Waals surface area contributed by atoms with Gasteiger partial charge in [0, 0.05) is 25.8 Å². The van der Waals surface area contributed by atoms with Gasteiger partial charge in [0.1, 0.15) is 5.82 Å². The summed E-state index contributed by atoms with van der Waals surface area (Å²) in [4.78, 5) is 2.26. The van der Waals surface area contributed by atoms with Crippen LogP contribution in [0.25, 0.3) is 0 Å².